The van der Waals surface area contributed by atoms with Crippen LogP contribution < -0.4 is 0 Å². The lowest BCUT2D eigenvalue weighted by atomic mass is 10.7. The van der Waals surface area contributed by atoms with Crippen LogP contribution in [0.1, 0.15) is 0 Å². The summed E-state index contributed by atoms with van der Waals surface area (Å²) in [4.78, 5) is 0. The average Bonchev–Trinajstić information content (AvgIpc) is 1.76. The monoisotopic (exact) mass is 196 g/mol. The standard InChI is InChI=1S/C10H20Si2/c1-11(2,3)9-7-8-10-12(4,5)6/h7,9H,1-6H3/b9-7+. The van der Waals surface area contributed by atoms with Gasteiger partial charge in [0.1, 0.15) is 8.07 Å². The van der Waals surface area contributed by atoms with Gasteiger partial charge in [-0.25, -0.2) is 0 Å². The topological polar surface area (TPSA) is 0 Å². The van der Waals surface area contributed by atoms with Crippen LogP contribution in [0.25, 0.3) is 0 Å². The summed E-state index contributed by atoms with van der Waals surface area (Å²) in [6.07, 6.45) is 2.05. The van der Waals surface area contributed by atoms with Crippen molar-refractivity contribution in [2.45, 2.75) is 39.3 Å². The van der Waals surface area contributed by atoms with Crippen molar-refractivity contribution in [1.82, 2.24) is 0 Å². The quantitative estimate of drug-likeness (QED) is 0.446. The fourth-order valence-corrected chi connectivity index (χ4v) is 1.65. The summed E-state index contributed by atoms with van der Waals surface area (Å²) in [7, 11) is -2.17. The lowest BCUT2D eigenvalue weighted by Gasteiger charge is -2.06. The van der Waals surface area contributed by atoms with Crippen molar-refractivity contribution >= 4 is 16.1 Å². The van der Waals surface area contributed by atoms with Gasteiger partial charge in [0.2, 0.25) is 0 Å². The lowest BCUT2D eigenvalue weighted by molar-refractivity contribution is 1.77. The van der Waals surface area contributed by atoms with Gasteiger partial charge >= 0.3 is 0 Å². The smallest absolute Gasteiger partial charge is 0.127 e. The van der Waals surface area contributed by atoms with E-state index in [4.69, 9.17) is 0 Å². The Labute approximate surface area is 79.1 Å². The van der Waals surface area contributed by atoms with Crippen molar-refractivity contribution in [2.75, 3.05) is 0 Å². The van der Waals surface area contributed by atoms with E-state index in [0.29, 0.717) is 0 Å². The summed E-state index contributed by atoms with van der Waals surface area (Å²) in [5, 5.41) is 0. The largest absolute Gasteiger partial charge is 0.129 e. The molecular weight excluding hydrogens is 176 g/mol. The molecule has 0 saturated carbocycles. The van der Waals surface area contributed by atoms with E-state index in [1.165, 1.54) is 0 Å². The predicted molar refractivity (Wildman–Crippen MR) is 63.6 cm³/mol. The van der Waals surface area contributed by atoms with E-state index in [2.05, 4.69) is 56.4 Å². The maximum absolute atomic E-state index is 3.32. The molecule has 0 saturated heterocycles. The van der Waals surface area contributed by atoms with Crippen LogP contribution in [-0.2, 0) is 0 Å². The first-order valence-corrected chi connectivity index (χ1v) is 11.5. The highest BCUT2D eigenvalue weighted by Gasteiger charge is 2.07. The van der Waals surface area contributed by atoms with E-state index in [-0.39, 0.29) is 0 Å². The first-order chi connectivity index (χ1) is 5.21. The van der Waals surface area contributed by atoms with Gasteiger partial charge in [0.05, 0.1) is 8.07 Å². The van der Waals surface area contributed by atoms with Crippen molar-refractivity contribution in [3.05, 3.63) is 11.8 Å². The highest BCUT2D eigenvalue weighted by Crippen LogP contribution is 2.01. The summed E-state index contributed by atoms with van der Waals surface area (Å²) < 4.78 is 0. The molecule has 68 valence electrons. The zero-order valence-electron chi connectivity index (χ0n) is 9.15. The van der Waals surface area contributed by atoms with Gasteiger partial charge in [-0.3, -0.25) is 0 Å². The summed E-state index contributed by atoms with van der Waals surface area (Å²) in [5.41, 5.74) is 5.61. The van der Waals surface area contributed by atoms with Gasteiger partial charge in [-0.1, -0.05) is 50.9 Å². The van der Waals surface area contributed by atoms with Crippen molar-refractivity contribution in [3.63, 3.8) is 0 Å². The van der Waals surface area contributed by atoms with Crippen LogP contribution in [0.2, 0.25) is 39.3 Å². The molecule has 0 aliphatic rings. The Bertz CT molecular complexity index is 215. The van der Waals surface area contributed by atoms with Crippen molar-refractivity contribution in [3.8, 4) is 11.5 Å². The van der Waals surface area contributed by atoms with E-state index < -0.39 is 16.1 Å². The van der Waals surface area contributed by atoms with Crippen molar-refractivity contribution in [1.29, 1.82) is 0 Å². The molecule has 0 aliphatic heterocycles. The number of hydrogen-bond donors (Lipinski definition) is 0. The molecule has 0 heterocycles. The minimum Gasteiger partial charge on any atom is -0.127 e. The fourth-order valence-electron chi connectivity index (χ4n) is 0.550. The van der Waals surface area contributed by atoms with Gasteiger partial charge < -0.3 is 0 Å². The minimum absolute atomic E-state index is 1.02. The molecule has 0 N–H and O–H groups in total. The van der Waals surface area contributed by atoms with Crippen LogP contribution in [0, 0.1) is 11.5 Å². The van der Waals surface area contributed by atoms with Crippen molar-refractivity contribution < 1.29 is 0 Å². The average molecular weight is 196 g/mol. The van der Waals surface area contributed by atoms with Gasteiger partial charge in [0.15, 0.2) is 0 Å². The zero-order valence-corrected chi connectivity index (χ0v) is 11.2. The van der Waals surface area contributed by atoms with Crippen LogP contribution in [-0.4, -0.2) is 16.1 Å². The Morgan fingerprint density at radius 2 is 1.42 bits per heavy atom. The van der Waals surface area contributed by atoms with Gasteiger partial charge in [-0.15, -0.1) is 5.54 Å². The zero-order chi connectivity index (χ0) is 9.83. The molecule has 0 nitrogen and oxygen atoms in total. The third kappa shape index (κ3) is 9.73. The lowest BCUT2D eigenvalue weighted by Crippen LogP contribution is -2.16. The molecule has 2 heteroatoms. The summed E-state index contributed by atoms with van der Waals surface area (Å²) >= 11 is 0. The maximum atomic E-state index is 3.32. The molecule has 0 aromatic carbocycles. The van der Waals surface area contributed by atoms with Gasteiger partial charge in [0.25, 0.3) is 0 Å². The summed E-state index contributed by atoms with van der Waals surface area (Å²) in [6.45, 7) is 13.8. The summed E-state index contributed by atoms with van der Waals surface area (Å²) in [5.74, 6) is 3.15. The van der Waals surface area contributed by atoms with Gasteiger partial charge in [-0.2, -0.15) is 0 Å². The van der Waals surface area contributed by atoms with Gasteiger partial charge in [0, 0.05) is 0 Å². The highest BCUT2D eigenvalue weighted by atomic mass is 28.3. The Hall–Kier alpha value is -0.266. The Balaban J connectivity index is 4.13. The molecule has 0 aliphatic carbocycles. The molecule has 12 heavy (non-hydrogen) atoms. The second-order valence-corrected chi connectivity index (χ2v) is 15.0. The second-order valence-electron chi connectivity index (χ2n) is 5.22. The predicted octanol–water partition coefficient (Wildman–Crippen LogP) is 3.30. The van der Waals surface area contributed by atoms with E-state index in [0.717, 1.165) is 0 Å². The van der Waals surface area contributed by atoms with Crippen LogP contribution in [0.5, 0.6) is 0 Å². The third-order valence-corrected chi connectivity index (χ3v) is 3.17. The number of allylic oxidation sites excluding steroid dienone is 1. The van der Waals surface area contributed by atoms with Crippen LogP contribution in [0.15, 0.2) is 11.8 Å². The highest BCUT2D eigenvalue weighted by molar-refractivity contribution is 6.84. The molecule has 0 unspecified atom stereocenters. The Kier molecular flexibility index (Phi) is 4.02. The third-order valence-electron chi connectivity index (χ3n) is 1.11. The van der Waals surface area contributed by atoms with E-state index in [9.17, 15) is 0 Å². The molecule has 0 bridgehead atoms. The number of rotatable bonds is 1. The normalized spacial score (nSPS) is 12.8. The molecule has 0 atom stereocenters. The first-order valence-electron chi connectivity index (χ1n) is 4.41. The van der Waals surface area contributed by atoms with Gasteiger partial charge in [-0.05, 0) is 6.08 Å². The van der Waals surface area contributed by atoms with Crippen molar-refractivity contribution in [2.24, 2.45) is 0 Å². The molecule has 0 spiro atoms. The molecule has 0 aromatic rings. The minimum atomic E-state index is -1.15. The van der Waals surface area contributed by atoms with Crippen LogP contribution in [0.4, 0.5) is 0 Å². The molecule has 0 amide bonds. The fraction of sp³-hybridized carbons (Fsp3) is 0.600. The Morgan fingerprint density at radius 1 is 0.917 bits per heavy atom. The van der Waals surface area contributed by atoms with E-state index >= 15 is 0 Å². The summed E-state index contributed by atoms with van der Waals surface area (Å²) in [6, 6.07) is 0. The second kappa shape index (κ2) is 4.11. The maximum Gasteiger partial charge on any atom is 0.129 e. The first kappa shape index (κ1) is 11.7. The number of hydrogen-bond acceptors (Lipinski definition) is 0. The molecule has 0 aromatic heterocycles. The molecule has 0 fully saturated rings. The van der Waals surface area contributed by atoms with E-state index in [1.807, 2.05) is 6.08 Å². The molecule has 0 radical (unpaired) electrons. The molecular formula is C10H20Si2. The SMILES string of the molecule is C[Si](C)(C)C#C/C=C/[Si](C)(C)C. The molecule has 0 rings (SSSR count). The van der Waals surface area contributed by atoms with Crippen LogP contribution >= 0.6 is 0 Å². The van der Waals surface area contributed by atoms with E-state index in [1.54, 1.807) is 0 Å². The Morgan fingerprint density at radius 3 is 1.75 bits per heavy atom. The van der Waals surface area contributed by atoms with Crippen LogP contribution in [0.3, 0.4) is 0 Å².